The van der Waals surface area contributed by atoms with Gasteiger partial charge >= 0.3 is 0 Å². The molecular formula is C19H19N3O2S. The predicted molar refractivity (Wildman–Crippen MR) is 100 cm³/mol. The van der Waals surface area contributed by atoms with Crippen molar-refractivity contribution in [3.63, 3.8) is 0 Å². The van der Waals surface area contributed by atoms with Crippen LogP contribution in [0, 0.1) is 0 Å². The van der Waals surface area contributed by atoms with E-state index in [4.69, 9.17) is 10.5 Å². The summed E-state index contributed by atoms with van der Waals surface area (Å²) in [4.78, 5) is 16.3. The number of benzene rings is 2. The van der Waals surface area contributed by atoms with Crippen LogP contribution < -0.4 is 15.8 Å². The van der Waals surface area contributed by atoms with E-state index in [-0.39, 0.29) is 18.6 Å². The molecule has 0 saturated heterocycles. The third kappa shape index (κ3) is 4.58. The van der Waals surface area contributed by atoms with E-state index in [1.807, 2.05) is 66.9 Å². The standard InChI is InChI=1S/C19H19N3O2S/c1-13(14-5-3-2-4-6-14)21-18(23)11-24-16-9-7-15(8-10-16)17-12-25-19(20)22-17/h2-10,12-13H,11H2,1H3,(H2,20,22)(H,21,23). The van der Waals surface area contributed by atoms with Gasteiger partial charge in [0.15, 0.2) is 11.7 Å². The Bertz CT molecular complexity index is 831. The number of hydrogen-bond donors (Lipinski definition) is 2. The number of amides is 1. The minimum Gasteiger partial charge on any atom is -0.484 e. The zero-order chi connectivity index (χ0) is 17.6. The lowest BCUT2D eigenvalue weighted by Crippen LogP contribution is -2.31. The summed E-state index contributed by atoms with van der Waals surface area (Å²) in [5, 5.41) is 5.37. The monoisotopic (exact) mass is 353 g/mol. The van der Waals surface area contributed by atoms with Crippen molar-refractivity contribution in [2.75, 3.05) is 12.3 Å². The van der Waals surface area contributed by atoms with Gasteiger partial charge in [0.2, 0.25) is 0 Å². The van der Waals surface area contributed by atoms with Gasteiger partial charge in [-0.3, -0.25) is 4.79 Å². The van der Waals surface area contributed by atoms with Gasteiger partial charge in [0.25, 0.3) is 5.91 Å². The Hall–Kier alpha value is -2.86. The molecule has 0 aliphatic heterocycles. The lowest BCUT2D eigenvalue weighted by molar-refractivity contribution is -0.123. The number of nitrogens with two attached hydrogens (primary N) is 1. The highest BCUT2D eigenvalue weighted by Crippen LogP contribution is 2.25. The Morgan fingerprint density at radius 3 is 2.56 bits per heavy atom. The molecule has 3 N–H and O–H groups in total. The Labute approximate surface area is 150 Å². The second-order valence-corrected chi connectivity index (χ2v) is 6.47. The highest BCUT2D eigenvalue weighted by atomic mass is 32.1. The molecule has 0 aliphatic rings. The molecular weight excluding hydrogens is 334 g/mol. The molecule has 1 unspecified atom stereocenters. The molecule has 0 aliphatic carbocycles. The minimum atomic E-state index is -0.160. The first-order valence-electron chi connectivity index (χ1n) is 7.90. The van der Waals surface area contributed by atoms with Crippen LogP contribution in [0.25, 0.3) is 11.3 Å². The molecule has 0 spiro atoms. The molecule has 1 atom stereocenters. The molecule has 3 rings (SSSR count). The Morgan fingerprint density at radius 2 is 1.92 bits per heavy atom. The van der Waals surface area contributed by atoms with Gasteiger partial charge < -0.3 is 15.8 Å². The smallest absolute Gasteiger partial charge is 0.258 e. The SMILES string of the molecule is CC(NC(=O)COc1ccc(-c2csc(N)n2)cc1)c1ccccc1. The number of rotatable bonds is 6. The molecule has 5 nitrogen and oxygen atoms in total. The fraction of sp³-hybridized carbons (Fsp3) is 0.158. The van der Waals surface area contributed by atoms with Gasteiger partial charge in [-0.1, -0.05) is 30.3 Å². The Morgan fingerprint density at radius 1 is 1.20 bits per heavy atom. The van der Waals surface area contributed by atoms with Crippen LogP contribution in [0.3, 0.4) is 0 Å². The lowest BCUT2D eigenvalue weighted by atomic mass is 10.1. The molecule has 6 heteroatoms. The summed E-state index contributed by atoms with van der Waals surface area (Å²) in [7, 11) is 0. The second-order valence-electron chi connectivity index (χ2n) is 5.58. The molecule has 0 bridgehead atoms. The summed E-state index contributed by atoms with van der Waals surface area (Å²) in [6.07, 6.45) is 0. The topological polar surface area (TPSA) is 77.2 Å². The van der Waals surface area contributed by atoms with Crippen LogP contribution >= 0.6 is 11.3 Å². The van der Waals surface area contributed by atoms with Crippen LogP contribution in [0.2, 0.25) is 0 Å². The molecule has 3 aromatic rings. The number of ether oxygens (including phenoxy) is 1. The summed E-state index contributed by atoms with van der Waals surface area (Å²) in [5.74, 6) is 0.474. The van der Waals surface area contributed by atoms with Crippen molar-refractivity contribution in [2.45, 2.75) is 13.0 Å². The zero-order valence-electron chi connectivity index (χ0n) is 13.8. The molecule has 2 aromatic carbocycles. The number of nitrogen functional groups attached to an aromatic ring is 1. The number of thiazole rings is 1. The van der Waals surface area contributed by atoms with Crippen molar-refractivity contribution in [3.05, 3.63) is 65.5 Å². The van der Waals surface area contributed by atoms with E-state index in [1.165, 1.54) is 11.3 Å². The number of carbonyl (C=O) groups excluding carboxylic acids is 1. The summed E-state index contributed by atoms with van der Waals surface area (Å²) in [6, 6.07) is 17.2. The van der Waals surface area contributed by atoms with Gasteiger partial charge in [-0.15, -0.1) is 11.3 Å². The molecule has 25 heavy (non-hydrogen) atoms. The highest BCUT2D eigenvalue weighted by molar-refractivity contribution is 7.13. The molecule has 1 heterocycles. The lowest BCUT2D eigenvalue weighted by Gasteiger charge is -2.14. The normalized spacial score (nSPS) is 11.7. The van der Waals surface area contributed by atoms with Gasteiger partial charge in [-0.2, -0.15) is 0 Å². The van der Waals surface area contributed by atoms with E-state index in [0.29, 0.717) is 10.9 Å². The summed E-state index contributed by atoms with van der Waals surface area (Å²) < 4.78 is 5.55. The average molecular weight is 353 g/mol. The van der Waals surface area contributed by atoms with Gasteiger partial charge in [-0.05, 0) is 36.8 Å². The van der Waals surface area contributed by atoms with Crippen molar-refractivity contribution in [1.82, 2.24) is 10.3 Å². The number of nitrogens with one attached hydrogen (secondary N) is 1. The van der Waals surface area contributed by atoms with E-state index >= 15 is 0 Å². The van der Waals surface area contributed by atoms with Crippen molar-refractivity contribution in [2.24, 2.45) is 0 Å². The Kier molecular flexibility index (Phi) is 5.30. The first kappa shape index (κ1) is 17.0. The van der Waals surface area contributed by atoms with E-state index in [1.54, 1.807) is 0 Å². The van der Waals surface area contributed by atoms with Crippen LogP contribution in [-0.2, 0) is 4.79 Å². The fourth-order valence-electron chi connectivity index (χ4n) is 2.40. The molecule has 1 aromatic heterocycles. The van der Waals surface area contributed by atoms with Crippen LogP contribution in [0.5, 0.6) is 5.75 Å². The van der Waals surface area contributed by atoms with E-state index < -0.39 is 0 Å². The van der Waals surface area contributed by atoms with E-state index in [9.17, 15) is 4.79 Å². The molecule has 128 valence electrons. The van der Waals surface area contributed by atoms with Crippen LogP contribution in [0.15, 0.2) is 60.0 Å². The fourth-order valence-corrected chi connectivity index (χ4v) is 2.97. The second kappa shape index (κ2) is 7.81. The number of aromatic nitrogens is 1. The summed E-state index contributed by atoms with van der Waals surface area (Å²) >= 11 is 1.40. The Balaban J connectivity index is 1.52. The van der Waals surface area contributed by atoms with Crippen molar-refractivity contribution < 1.29 is 9.53 Å². The predicted octanol–water partition coefficient (Wildman–Crippen LogP) is 3.65. The van der Waals surface area contributed by atoms with Gasteiger partial charge in [-0.25, -0.2) is 4.98 Å². The zero-order valence-corrected chi connectivity index (χ0v) is 14.6. The first-order valence-corrected chi connectivity index (χ1v) is 8.78. The molecule has 0 fully saturated rings. The van der Waals surface area contributed by atoms with Crippen molar-refractivity contribution >= 4 is 22.4 Å². The van der Waals surface area contributed by atoms with Gasteiger partial charge in [0, 0.05) is 10.9 Å². The third-order valence-corrected chi connectivity index (χ3v) is 4.39. The maximum Gasteiger partial charge on any atom is 0.258 e. The van der Waals surface area contributed by atoms with E-state index in [2.05, 4.69) is 10.3 Å². The minimum absolute atomic E-state index is 0.0276. The number of carbonyl (C=O) groups is 1. The van der Waals surface area contributed by atoms with Crippen molar-refractivity contribution in [3.8, 4) is 17.0 Å². The molecule has 0 radical (unpaired) electrons. The summed E-state index contributed by atoms with van der Waals surface area (Å²) in [5.41, 5.74) is 8.50. The van der Waals surface area contributed by atoms with Crippen molar-refractivity contribution in [1.29, 1.82) is 0 Å². The summed E-state index contributed by atoms with van der Waals surface area (Å²) in [6.45, 7) is 1.92. The number of nitrogens with zero attached hydrogens (tertiary/aromatic N) is 1. The maximum atomic E-state index is 12.0. The highest BCUT2D eigenvalue weighted by Gasteiger charge is 2.10. The largest absolute Gasteiger partial charge is 0.484 e. The van der Waals surface area contributed by atoms with Crippen LogP contribution in [0.1, 0.15) is 18.5 Å². The first-order chi connectivity index (χ1) is 12.1. The quantitative estimate of drug-likeness (QED) is 0.709. The van der Waals surface area contributed by atoms with Crippen LogP contribution in [-0.4, -0.2) is 17.5 Å². The van der Waals surface area contributed by atoms with Gasteiger partial charge in [0.05, 0.1) is 11.7 Å². The number of hydrogen-bond acceptors (Lipinski definition) is 5. The van der Waals surface area contributed by atoms with E-state index in [0.717, 1.165) is 16.8 Å². The van der Waals surface area contributed by atoms with Crippen LogP contribution in [0.4, 0.5) is 5.13 Å². The van der Waals surface area contributed by atoms with Gasteiger partial charge in [0.1, 0.15) is 5.75 Å². The molecule has 1 amide bonds. The maximum absolute atomic E-state index is 12.0. The molecule has 0 saturated carbocycles. The average Bonchev–Trinajstić information content (AvgIpc) is 3.07. The third-order valence-electron chi connectivity index (χ3n) is 3.72. The number of anilines is 1.